The second kappa shape index (κ2) is 8.54. The van der Waals surface area contributed by atoms with Crippen molar-refractivity contribution in [3.05, 3.63) is 35.7 Å². The lowest BCUT2D eigenvalue weighted by molar-refractivity contribution is -0.137. The lowest BCUT2D eigenvalue weighted by Gasteiger charge is -2.39. The average Bonchev–Trinajstić information content (AvgIpc) is 3.51. The maximum atomic E-state index is 13.5. The van der Waals surface area contributed by atoms with Crippen molar-refractivity contribution in [1.29, 1.82) is 0 Å². The Labute approximate surface area is 192 Å². The minimum atomic E-state index is -0.897. The number of nitrogens with zero attached hydrogens (tertiary/aromatic N) is 8. The molecule has 2 aliphatic heterocycles. The van der Waals surface area contributed by atoms with Gasteiger partial charge in [0, 0.05) is 24.2 Å². The van der Waals surface area contributed by atoms with Gasteiger partial charge in [-0.05, 0) is 63.4 Å². The zero-order valence-corrected chi connectivity index (χ0v) is 19.3. The van der Waals surface area contributed by atoms with E-state index >= 15 is 0 Å². The molecule has 2 fully saturated rings. The van der Waals surface area contributed by atoms with Crippen LogP contribution < -0.4 is 0 Å². The van der Waals surface area contributed by atoms with Crippen molar-refractivity contribution in [1.82, 2.24) is 40.0 Å². The Balaban J connectivity index is 1.20. The van der Waals surface area contributed by atoms with E-state index in [1.165, 1.54) is 11.0 Å². The molecule has 1 saturated carbocycles. The number of aliphatic hydroxyl groups is 1. The molecule has 0 aromatic carbocycles. The number of rotatable bonds is 5. The van der Waals surface area contributed by atoms with E-state index in [-0.39, 0.29) is 17.4 Å². The number of aromatic nitrogens is 6. The molecular weight excluding hydrogens is 424 g/mol. The predicted octanol–water partition coefficient (Wildman–Crippen LogP) is 1.06. The summed E-state index contributed by atoms with van der Waals surface area (Å²) >= 11 is 0. The number of carbonyl (C=O) groups excluding carboxylic acids is 1. The Bertz CT molecular complexity index is 1030. The minimum Gasteiger partial charge on any atom is -0.364 e. The number of hydrogen-bond donors (Lipinski definition) is 1. The predicted molar refractivity (Wildman–Crippen MR) is 116 cm³/mol. The summed E-state index contributed by atoms with van der Waals surface area (Å²) in [6, 6.07) is 0.519. The molecule has 4 heterocycles. The molecule has 0 bridgehead atoms. The van der Waals surface area contributed by atoms with E-state index in [4.69, 9.17) is 4.74 Å². The molecule has 1 spiro atoms. The van der Waals surface area contributed by atoms with Crippen LogP contribution >= 0.6 is 0 Å². The van der Waals surface area contributed by atoms with Crippen molar-refractivity contribution in [3.63, 3.8) is 0 Å². The van der Waals surface area contributed by atoms with Crippen LogP contribution in [0.15, 0.2) is 30.0 Å². The van der Waals surface area contributed by atoms with E-state index in [1.807, 2.05) is 11.8 Å². The standard InChI is InChI=1S/C22H30N8O3/c1-14-8-22(21(32)30(14)18-12-33-20(31)15(18)2)6-4-17(5-7-22)28(3)11-16-9-24-19(10-23-16)29-13-25-26-27-29/h9-10,13-14,17,20,31H,4-8,11-12H2,1-3H3/t14-,17?,20?,22?/m1/s1. The molecule has 2 aromatic heterocycles. The van der Waals surface area contributed by atoms with Crippen molar-refractivity contribution in [2.45, 2.75) is 70.9 Å². The molecule has 2 aromatic rings. The third-order valence-corrected chi connectivity index (χ3v) is 7.52. The van der Waals surface area contributed by atoms with Crippen LogP contribution in [0.2, 0.25) is 0 Å². The number of tetrazole rings is 1. The molecule has 1 amide bonds. The summed E-state index contributed by atoms with van der Waals surface area (Å²) in [5.74, 6) is 0.780. The fourth-order valence-electron chi connectivity index (χ4n) is 5.60. The first-order chi connectivity index (χ1) is 15.9. The van der Waals surface area contributed by atoms with Gasteiger partial charge in [-0.25, -0.2) is 4.98 Å². The van der Waals surface area contributed by atoms with Crippen LogP contribution in [-0.4, -0.2) is 83.0 Å². The molecule has 5 rings (SSSR count). The van der Waals surface area contributed by atoms with E-state index in [1.54, 1.807) is 12.4 Å². The van der Waals surface area contributed by atoms with Gasteiger partial charge in [0.25, 0.3) is 0 Å². The fourth-order valence-corrected chi connectivity index (χ4v) is 5.60. The fraction of sp³-hybridized carbons (Fsp3) is 0.636. The first kappa shape index (κ1) is 22.1. The molecule has 1 aliphatic carbocycles. The molecule has 1 N–H and O–H groups in total. The van der Waals surface area contributed by atoms with Gasteiger partial charge in [-0.3, -0.25) is 14.7 Å². The van der Waals surface area contributed by atoms with Crippen molar-refractivity contribution in [2.24, 2.45) is 5.41 Å². The largest absolute Gasteiger partial charge is 0.364 e. The van der Waals surface area contributed by atoms with Gasteiger partial charge in [-0.1, -0.05) is 0 Å². The number of ether oxygens (including phenoxy) is 1. The SMILES string of the molecule is CC1=C(N2C(=O)C3(CCC(N(C)Cc4cnc(-n5cnnn5)cn4)CC3)C[C@H]2C)COC1O. The Morgan fingerprint density at radius 3 is 2.67 bits per heavy atom. The van der Waals surface area contributed by atoms with Crippen molar-refractivity contribution in [3.8, 4) is 5.82 Å². The average molecular weight is 455 g/mol. The Hall–Kier alpha value is -2.76. The number of hydrogen-bond acceptors (Lipinski definition) is 9. The van der Waals surface area contributed by atoms with Crippen molar-refractivity contribution >= 4 is 5.91 Å². The molecule has 33 heavy (non-hydrogen) atoms. The van der Waals surface area contributed by atoms with Gasteiger partial charge in [0.2, 0.25) is 5.91 Å². The van der Waals surface area contributed by atoms with Gasteiger partial charge >= 0.3 is 0 Å². The third kappa shape index (κ3) is 3.94. The summed E-state index contributed by atoms with van der Waals surface area (Å²) in [6.45, 7) is 4.95. The lowest BCUT2D eigenvalue weighted by atomic mass is 9.70. The molecule has 2 atom stereocenters. The molecule has 11 nitrogen and oxygen atoms in total. The quantitative estimate of drug-likeness (QED) is 0.706. The monoisotopic (exact) mass is 454 g/mol. The number of aliphatic hydroxyl groups excluding tert-OH is 1. The summed E-state index contributed by atoms with van der Waals surface area (Å²) in [7, 11) is 2.11. The Morgan fingerprint density at radius 2 is 2.06 bits per heavy atom. The van der Waals surface area contributed by atoms with Gasteiger partial charge < -0.3 is 14.7 Å². The van der Waals surface area contributed by atoms with E-state index in [2.05, 4.69) is 44.4 Å². The van der Waals surface area contributed by atoms with E-state index in [9.17, 15) is 9.90 Å². The zero-order valence-electron chi connectivity index (χ0n) is 19.3. The molecule has 0 radical (unpaired) electrons. The molecule has 3 aliphatic rings. The number of amides is 1. The normalized spacial score (nSPS) is 30.3. The number of carbonyl (C=O) groups is 1. The maximum absolute atomic E-state index is 13.5. The summed E-state index contributed by atoms with van der Waals surface area (Å²) in [6.07, 6.45) is 8.56. The van der Waals surface area contributed by atoms with Crippen LogP contribution in [0.3, 0.4) is 0 Å². The highest BCUT2D eigenvalue weighted by Crippen LogP contribution is 2.49. The second-order valence-corrected chi connectivity index (χ2v) is 9.57. The maximum Gasteiger partial charge on any atom is 0.233 e. The van der Waals surface area contributed by atoms with Gasteiger partial charge in [0.15, 0.2) is 12.1 Å². The smallest absolute Gasteiger partial charge is 0.233 e. The highest BCUT2D eigenvalue weighted by Gasteiger charge is 2.53. The van der Waals surface area contributed by atoms with Crippen LogP contribution in [-0.2, 0) is 16.1 Å². The summed E-state index contributed by atoms with van der Waals surface area (Å²) in [5.41, 5.74) is 2.19. The third-order valence-electron chi connectivity index (χ3n) is 7.52. The molecular formula is C22H30N8O3. The van der Waals surface area contributed by atoms with Gasteiger partial charge in [-0.15, -0.1) is 5.10 Å². The highest BCUT2D eigenvalue weighted by atomic mass is 16.6. The molecule has 1 saturated heterocycles. The highest BCUT2D eigenvalue weighted by molar-refractivity contribution is 5.87. The second-order valence-electron chi connectivity index (χ2n) is 9.57. The van der Waals surface area contributed by atoms with Crippen LogP contribution in [0.4, 0.5) is 0 Å². The van der Waals surface area contributed by atoms with Crippen LogP contribution in [0.25, 0.3) is 5.82 Å². The van der Waals surface area contributed by atoms with Gasteiger partial charge in [-0.2, -0.15) is 4.68 Å². The Kier molecular flexibility index (Phi) is 5.71. The van der Waals surface area contributed by atoms with E-state index in [0.717, 1.165) is 49.1 Å². The first-order valence-electron chi connectivity index (χ1n) is 11.5. The lowest BCUT2D eigenvalue weighted by Crippen LogP contribution is -2.42. The van der Waals surface area contributed by atoms with Crippen molar-refractivity contribution in [2.75, 3.05) is 13.7 Å². The van der Waals surface area contributed by atoms with Gasteiger partial charge in [0.1, 0.15) is 6.33 Å². The first-order valence-corrected chi connectivity index (χ1v) is 11.5. The van der Waals surface area contributed by atoms with E-state index in [0.29, 0.717) is 25.0 Å². The topological polar surface area (TPSA) is 122 Å². The summed E-state index contributed by atoms with van der Waals surface area (Å²) in [5, 5.41) is 21.0. The summed E-state index contributed by atoms with van der Waals surface area (Å²) < 4.78 is 6.83. The van der Waals surface area contributed by atoms with Gasteiger partial charge in [0.05, 0.1) is 35.8 Å². The Morgan fingerprint density at radius 1 is 1.27 bits per heavy atom. The van der Waals surface area contributed by atoms with Crippen LogP contribution in [0.5, 0.6) is 0 Å². The molecule has 176 valence electrons. The molecule has 1 unspecified atom stereocenters. The van der Waals surface area contributed by atoms with Crippen molar-refractivity contribution < 1.29 is 14.6 Å². The zero-order chi connectivity index (χ0) is 23.2. The number of likely N-dealkylation sites (tertiary alicyclic amines) is 1. The van der Waals surface area contributed by atoms with Crippen LogP contribution in [0, 0.1) is 5.41 Å². The molecule has 11 heteroatoms. The van der Waals surface area contributed by atoms with E-state index < -0.39 is 6.29 Å². The minimum absolute atomic E-state index is 0.125. The summed E-state index contributed by atoms with van der Waals surface area (Å²) in [4.78, 5) is 26.7. The van der Waals surface area contributed by atoms with Crippen LogP contribution in [0.1, 0.15) is 51.6 Å².